The molecule has 0 bridgehead atoms. The quantitative estimate of drug-likeness (QED) is 0.790. The van der Waals surface area contributed by atoms with Crippen LogP contribution in [0.3, 0.4) is 0 Å². The van der Waals surface area contributed by atoms with Gasteiger partial charge in [-0.2, -0.15) is 0 Å². The maximum atomic E-state index is 13.2. The van der Waals surface area contributed by atoms with Gasteiger partial charge in [0.25, 0.3) is 0 Å². The molecule has 1 N–H and O–H groups in total. The summed E-state index contributed by atoms with van der Waals surface area (Å²) in [6.45, 7) is 5.84. The van der Waals surface area contributed by atoms with E-state index in [1.807, 2.05) is 6.07 Å². The van der Waals surface area contributed by atoms with E-state index in [9.17, 15) is 4.39 Å². The number of halogens is 1. The third kappa shape index (κ3) is 3.63. The Hall–Kier alpha value is -0.890. The first-order valence-corrected chi connectivity index (χ1v) is 5.40. The maximum absolute atomic E-state index is 13.2. The molecule has 1 aromatic carbocycles. The summed E-state index contributed by atoms with van der Waals surface area (Å²) in [7, 11) is 0. The van der Waals surface area contributed by atoms with Crippen LogP contribution >= 0.6 is 0 Å². The minimum absolute atomic E-state index is 0.0450. The SMILES string of the molecule is [CH2]C(CO)c1cc(F)cc(CCCC)c1. The van der Waals surface area contributed by atoms with Crippen LogP contribution < -0.4 is 0 Å². The van der Waals surface area contributed by atoms with Gasteiger partial charge in [0.15, 0.2) is 0 Å². The van der Waals surface area contributed by atoms with Gasteiger partial charge in [-0.15, -0.1) is 0 Å². The molecular weight excluding hydrogens is 191 g/mol. The third-order valence-corrected chi connectivity index (χ3v) is 2.49. The normalized spacial score (nSPS) is 12.8. The summed E-state index contributed by atoms with van der Waals surface area (Å²) in [4.78, 5) is 0. The maximum Gasteiger partial charge on any atom is 0.123 e. The van der Waals surface area contributed by atoms with Crippen molar-refractivity contribution >= 4 is 0 Å². The molecule has 83 valence electrons. The largest absolute Gasteiger partial charge is 0.396 e. The molecule has 2 heteroatoms. The number of benzene rings is 1. The fraction of sp³-hybridized carbons (Fsp3) is 0.462. The molecule has 1 aromatic rings. The molecule has 0 amide bonds. The molecule has 1 nitrogen and oxygen atoms in total. The molecule has 15 heavy (non-hydrogen) atoms. The van der Waals surface area contributed by atoms with Crippen LogP contribution in [0.4, 0.5) is 4.39 Å². The molecule has 0 aliphatic rings. The lowest BCUT2D eigenvalue weighted by molar-refractivity contribution is 0.282. The van der Waals surface area contributed by atoms with Gasteiger partial charge in [0, 0.05) is 12.5 Å². The van der Waals surface area contributed by atoms with Crippen molar-refractivity contribution in [3.63, 3.8) is 0 Å². The lowest BCUT2D eigenvalue weighted by Crippen LogP contribution is -2.01. The first-order valence-electron chi connectivity index (χ1n) is 5.40. The van der Waals surface area contributed by atoms with Crippen LogP contribution in [0, 0.1) is 12.7 Å². The van der Waals surface area contributed by atoms with Gasteiger partial charge in [-0.25, -0.2) is 4.39 Å². The summed E-state index contributed by atoms with van der Waals surface area (Å²) in [6, 6.07) is 4.94. The van der Waals surface area contributed by atoms with Crippen LogP contribution in [0.25, 0.3) is 0 Å². The Morgan fingerprint density at radius 3 is 2.73 bits per heavy atom. The van der Waals surface area contributed by atoms with Crippen molar-refractivity contribution in [2.75, 3.05) is 6.61 Å². The van der Waals surface area contributed by atoms with Crippen molar-refractivity contribution in [3.8, 4) is 0 Å². The minimum atomic E-state index is -0.235. The van der Waals surface area contributed by atoms with Crippen molar-refractivity contribution in [1.82, 2.24) is 0 Å². The molecule has 0 saturated carbocycles. The highest BCUT2D eigenvalue weighted by molar-refractivity contribution is 5.28. The van der Waals surface area contributed by atoms with Crippen LogP contribution in [0.1, 0.15) is 36.8 Å². The van der Waals surface area contributed by atoms with Crippen LogP contribution in [-0.2, 0) is 6.42 Å². The lowest BCUT2D eigenvalue weighted by Gasteiger charge is -2.10. The predicted molar refractivity (Wildman–Crippen MR) is 60.2 cm³/mol. The molecular formula is C13H18FO. The number of aliphatic hydroxyl groups excluding tert-OH is 1. The standard InChI is InChI=1S/C13H18FO/c1-3-4-5-11-6-12(10(2)9-15)8-13(14)7-11/h6-8,10,15H,2-5,9H2,1H3. The Balaban J connectivity index is 2.84. The molecule has 1 radical (unpaired) electrons. The number of aliphatic hydroxyl groups is 1. The average Bonchev–Trinajstić information content (AvgIpc) is 2.24. The number of aryl methyl sites for hydroxylation is 1. The smallest absolute Gasteiger partial charge is 0.123 e. The topological polar surface area (TPSA) is 20.2 Å². The monoisotopic (exact) mass is 209 g/mol. The van der Waals surface area contributed by atoms with E-state index < -0.39 is 0 Å². The highest BCUT2D eigenvalue weighted by Crippen LogP contribution is 2.19. The molecule has 1 atom stereocenters. The van der Waals surface area contributed by atoms with Gasteiger partial charge in [-0.05, 0) is 43.0 Å². The molecule has 1 rings (SSSR count). The van der Waals surface area contributed by atoms with E-state index in [4.69, 9.17) is 5.11 Å². The van der Waals surface area contributed by atoms with Gasteiger partial charge in [-0.3, -0.25) is 0 Å². The van der Waals surface area contributed by atoms with Crippen LogP contribution in [-0.4, -0.2) is 11.7 Å². The van der Waals surface area contributed by atoms with Gasteiger partial charge in [0.2, 0.25) is 0 Å². The Morgan fingerprint density at radius 1 is 1.40 bits per heavy atom. The zero-order chi connectivity index (χ0) is 11.3. The summed E-state index contributed by atoms with van der Waals surface area (Å²) in [5, 5.41) is 8.96. The lowest BCUT2D eigenvalue weighted by atomic mass is 9.97. The molecule has 1 unspecified atom stereocenters. The summed E-state index contributed by atoms with van der Waals surface area (Å²) in [6.07, 6.45) is 3.04. The number of hydrogen-bond donors (Lipinski definition) is 1. The summed E-state index contributed by atoms with van der Waals surface area (Å²) in [5.74, 6) is -0.471. The van der Waals surface area contributed by atoms with Crippen molar-refractivity contribution in [2.24, 2.45) is 0 Å². The highest BCUT2D eigenvalue weighted by atomic mass is 19.1. The second-order valence-electron chi connectivity index (χ2n) is 3.88. The molecule has 0 aromatic heterocycles. The molecule has 0 aliphatic heterocycles. The Labute approximate surface area is 90.9 Å². The molecule has 0 aliphatic carbocycles. The Morgan fingerprint density at radius 2 is 2.13 bits per heavy atom. The first kappa shape index (κ1) is 12.2. The van der Waals surface area contributed by atoms with Crippen molar-refractivity contribution in [3.05, 3.63) is 42.1 Å². The zero-order valence-electron chi connectivity index (χ0n) is 9.17. The Kier molecular flexibility index (Phi) is 4.76. The van der Waals surface area contributed by atoms with E-state index >= 15 is 0 Å². The van der Waals surface area contributed by atoms with Gasteiger partial charge in [0.05, 0.1) is 0 Å². The summed E-state index contributed by atoms with van der Waals surface area (Å²) in [5.41, 5.74) is 1.78. The second-order valence-corrected chi connectivity index (χ2v) is 3.88. The van der Waals surface area contributed by atoms with Crippen molar-refractivity contribution in [2.45, 2.75) is 32.1 Å². The van der Waals surface area contributed by atoms with Crippen LogP contribution in [0.5, 0.6) is 0 Å². The second kappa shape index (κ2) is 5.86. The fourth-order valence-electron chi connectivity index (χ4n) is 1.54. The molecule has 0 spiro atoms. The minimum Gasteiger partial charge on any atom is -0.396 e. The average molecular weight is 209 g/mol. The molecule has 0 fully saturated rings. The highest BCUT2D eigenvalue weighted by Gasteiger charge is 2.07. The van der Waals surface area contributed by atoms with Gasteiger partial charge in [0.1, 0.15) is 5.82 Å². The van der Waals surface area contributed by atoms with Crippen molar-refractivity contribution in [1.29, 1.82) is 0 Å². The van der Waals surface area contributed by atoms with Crippen LogP contribution in [0.15, 0.2) is 18.2 Å². The predicted octanol–water partition coefficient (Wildman–Crippen LogP) is 3.08. The van der Waals surface area contributed by atoms with Crippen LogP contribution in [0.2, 0.25) is 0 Å². The fourth-order valence-corrected chi connectivity index (χ4v) is 1.54. The first-order chi connectivity index (χ1) is 7.17. The zero-order valence-corrected chi connectivity index (χ0v) is 9.17. The number of hydrogen-bond acceptors (Lipinski definition) is 1. The van der Waals surface area contributed by atoms with E-state index in [1.54, 1.807) is 6.07 Å². The van der Waals surface area contributed by atoms with E-state index in [1.165, 1.54) is 6.07 Å². The molecule has 0 heterocycles. The third-order valence-electron chi connectivity index (χ3n) is 2.49. The van der Waals surface area contributed by atoms with Gasteiger partial charge in [-0.1, -0.05) is 19.4 Å². The van der Waals surface area contributed by atoms with Gasteiger partial charge >= 0.3 is 0 Å². The summed E-state index contributed by atoms with van der Waals surface area (Å²) >= 11 is 0. The molecule has 0 saturated heterocycles. The van der Waals surface area contributed by atoms with E-state index in [-0.39, 0.29) is 18.3 Å². The van der Waals surface area contributed by atoms with E-state index in [0.29, 0.717) is 0 Å². The number of unbranched alkanes of at least 4 members (excludes halogenated alkanes) is 1. The van der Waals surface area contributed by atoms with Gasteiger partial charge < -0.3 is 5.11 Å². The van der Waals surface area contributed by atoms with E-state index in [0.717, 1.165) is 30.4 Å². The summed E-state index contributed by atoms with van der Waals surface area (Å²) < 4.78 is 13.2. The Bertz CT molecular complexity index is 309. The van der Waals surface area contributed by atoms with Crippen molar-refractivity contribution < 1.29 is 9.50 Å². The van der Waals surface area contributed by atoms with E-state index in [2.05, 4.69) is 13.8 Å². The number of rotatable bonds is 5.